The fourth-order valence-corrected chi connectivity index (χ4v) is 2.56. The summed E-state index contributed by atoms with van der Waals surface area (Å²) in [6.07, 6.45) is 5.75. The van der Waals surface area contributed by atoms with E-state index < -0.39 is 0 Å². The first-order chi connectivity index (χ1) is 14.8. The van der Waals surface area contributed by atoms with Gasteiger partial charge in [0.25, 0.3) is 0 Å². The zero-order chi connectivity index (χ0) is 21.7. The third-order valence-corrected chi connectivity index (χ3v) is 4.21. The highest BCUT2D eigenvalue weighted by Gasteiger charge is 2.03. The van der Waals surface area contributed by atoms with E-state index in [4.69, 9.17) is 28.4 Å². The van der Waals surface area contributed by atoms with Crippen molar-refractivity contribution in [1.29, 1.82) is 0 Å². The summed E-state index contributed by atoms with van der Waals surface area (Å²) >= 11 is 0. The SMILES string of the molecule is CCCCCCOCCOCCOCCOC(=O)CCCOc1cccc(OC)c1. The topological polar surface area (TPSA) is 72.5 Å². The minimum absolute atomic E-state index is 0.246. The van der Waals surface area contributed by atoms with Gasteiger partial charge in [-0.25, -0.2) is 0 Å². The number of methoxy groups -OCH3 is 1. The zero-order valence-electron chi connectivity index (χ0n) is 18.6. The molecule has 0 aliphatic carbocycles. The van der Waals surface area contributed by atoms with Gasteiger partial charge in [-0.3, -0.25) is 4.79 Å². The Morgan fingerprint density at radius 3 is 2.13 bits per heavy atom. The van der Waals surface area contributed by atoms with Crippen molar-refractivity contribution in [2.75, 3.05) is 60.0 Å². The van der Waals surface area contributed by atoms with Gasteiger partial charge in [-0.2, -0.15) is 0 Å². The highest BCUT2D eigenvalue weighted by molar-refractivity contribution is 5.69. The molecule has 0 amide bonds. The summed E-state index contributed by atoms with van der Waals surface area (Å²) in [7, 11) is 1.61. The first-order valence-corrected chi connectivity index (χ1v) is 10.9. The Morgan fingerprint density at radius 2 is 1.43 bits per heavy atom. The Labute approximate surface area is 180 Å². The summed E-state index contributed by atoms with van der Waals surface area (Å²) in [5.74, 6) is 1.21. The maximum atomic E-state index is 11.7. The molecule has 0 bridgehead atoms. The molecule has 0 aromatic heterocycles. The van der Waals surface area contributed by atoms with Crippen molar-refractivity contribution < 1.29 is 33.2 Å². The Kier molecular flexibility index (Phi) is 16.7. The second-order valence-electron chi connectivity index (χ2n) is 6.75. The average Bonchev–Trinajstić information content (AvgIpc) is 2.77. The number of unbranched alkanes of at least 4 members (excludes halogenated alkanes) is 3. The molecule has 0 saturated carbocycles. The van der Waals surface area contributed by atoms with E-state index in [-0.39, 0.29) is 12.6 Å². The molecule has 0 N–H and O–H groups in total. The summed E-state index contributed by atoms with van der Waals surface area (Å²) in [4.78, 5) is 11.7. The van der Waals surface area contributed by atoms with Crippen molar-refractivity contribution in [2.24, 2.45) is 0 Å². The first-order valence-electron chi connectivity index (χ1n) is 10.9. The molecule has 7 nitrogen and oxygen atoms in total. The van der Waals surface area contributed by atoms with Crippen LogP contribution in [0.25, 0.3) is 0 Å². The van der Waals surface area contributed by atoms with Crippen LogP contribution in [0.15, 0.2) is 24.3 Å². The summed E-state index contributed by atoms with van der Waals surface area (Å²) in [6, 6.07) is 7.37. The number of benzene rings is 1. The van der Waals surface area contributed by atoms with Crippen molar-refractivity contribution in [3.63, 3.8) is 0 Å². The monoisotopic (exact) mass is 426 g/mol. The number of rotatable bonds is 20. The molecule has 0 aliphatic heterocycles. The summed E-state index contributed by atoms with van der Waals surface area (Å²) in [5.41, 5.74) is 0. The molecule has 1 aromatic rings. The van der Waals surface area contributed by atoms with Gasteiger partial charge in [0.2, 0.25) is 0 Å². The number of carbonyl (C=O) groups excluding carboxylic acids is 1. The number of hydrogen-bond acceptors (Lipinski definition) is 7. The smallest absolute Gasteiger partial charge is 0.305 e. The standard InChI is InChI=1S/C23H38O7/c1-3-4-5-6-12-26-14-15-27-16-17-28-18-19-30-23(24)11-8-13-29-22-10-7-9-21(20-22)25-2/h7,9-10,20H,3-6,8,11-19H2,1-2H3. The molecular weight excluding hydrogens is 388 g/mol. The summed E-state index contributed by atoms with van der Waals surface area (Å²) < 4.78 is 32.2. The first kappa shape index (κ1) is 26.2. The maximum Gasteiger partial charge on any atom is 0.305 e. The van der Waals surface area contributed by atoms with Gasteiger partial charge < -0.3 is 28.4 Å². The zero-order valence-corrected chi connectivity index (χ0v) is 18.6. The van der Waals surface area contributed by atoms with Crippen LogP contribution >= 0.6 is 0 Å². The summed E-state index contributed by atoms with van der Waals surface area (Å²) in [5, 5.41) is 0. The van der Waals surface area contributed by atoms with Gasteiger partial charge in [-0.1, -0.05) is 32.3 Å². The third-order valence-electron chi connectivity index (χ3n) is 4.21. The molecular formula is C23H38O7. The number of hydrogen-bond donors (Lipinski definition) is 0. The summed E-state index contributed by atoms with van der Waals surface area (Å²) in [6.45, 7) is 6.23. The van der Waals surface area contributed by atoms with Crippen LogP contribution in [-0.2, 0) is 23.7 Å². The van der Waals surface area contributed by atoms with Gasteiger partial charge in [0.1, 0.15) is 18.1 Å². The molecule has 0 atom stereocenters. The minimum Gasteiger partial charge on any atom is -0.497 e. The fourth-order valence-electron chi connectivity index (χ4n) is 2.56. The largest absolute Gasteiger partial charge is 0.497 e. The molecule has 0 spiro atoms. The van der Waals surface area contributed by atoms with E-state index in [9.17, 15) is 4.79 Å². The second-order valence-corrected chi connectivity index (χ2v) is 6.75. The quantitative estimate of drug-likeness (QED) is 0.230. The molecule has 0 aliphatic rings. The van der Waals surface area contributed by atoms with Gasteiger partial charge in [0, 0.05) is 19.1 Å². The average molecular weight is 427 g/mol. The van der Waals surface area contributed by atoms with Crippen LogP contribution in [0.4, 0.5) is 0 Å². The Bertz CT molecular complexity index is 536. The van der Waals surface area contributed by atoms with E-state index in [1.807, 2.05) is 18.2 Å². The predicted octanol–water partition coefficient (Wildman–Crippen LogP) is 4.03. The number of ether oxygens (including phenoxy) is 6. The fraction of sp³-hybridized carbons (Fsp3) is 0.696. The van der Waals surface area contributed by atoms with Crippen LogP contribution in [0.1, 0.15) is 45.4 Å². The van der Waals surface area contributed by atoms with Gasteiger partial charge >= 0.3 is 5.97 Å². The lowest BCUT2D eigenvalue weighted by Crippen LogP contribution is -2.14. The van der Waals surface area contributed by atoms with Crippen LogP contribution in [0.2, 0.25) is 0 Å². The lowest BCUT2D eigenvalue weighted by molar-refractivity contribution is -0.145. The van der Waals surface area contributed by atoms with Crippen LogP contribution in [-0.4, -0.2) is 65.9 Å². The molecule has 0 fully saturated rings. The molecule has 0 saturated heterocycles. The minimum atomic E-state index is -0.250. The lowest BCUT2D eigenvalue weighted by atomic mass is 10.2. The molecule has 1 aromatic carbocycles. The van der Waals surface area contributed by atoms with Crippen LogP contribution in [0.5, 0.6) is 11.5 Å². The second kappa shape index (κ2) is 19.2. The third kappa shape index (κ3) is 15.1. The van der Waals surface area contributed by atoms with Gasteiger partial charge in [0.15, 0.2) is 0 Å². The van der Waals surface area contributed by atoms with Crippen LogP contribution in [0, 0.1) is 0 Å². The Morgan fingerprint density at radius 1 is 0.767 bits per heavy atom. The van der Waals surface area contributed by atoms with Crippen molar-refractivity contribution in [3.8, 4) is 11.5 Å². The van der Waals surface area contributed by atoms with Gasteiger partial charge in [-0.15, -0.1) is 0 Å². The Balaban J connectivity index is 1.83. The van der Waals surface area contributed by atoms with Crippen LogP contribution in [0.3, 0.4) is 0 Å². The van der Waals surface area contributed by atoms with Crippen molar-refractivity contribution in [3.05, 3.63) is 24.3 Å². The van der Waals surface area contributed by atoms with Gasteiger partial charge in [0.05, 0.1) is 46.8 Å². The molecule has 0 unspecified atom stereocenters. The van der Waals surface area contributed by atoms with Crippen LogP contribution < -0.4 is 9.47 Å². The normalized spacial score (nSPS) is 10.7. The highest BCUT2D eigenvalue weighted by Crippen LogP contribution is 2.18. The number of esters is 1. The number of carbonyl (C=O) groups is 1. The van der Waals surface area contributed by atoms with E-state index in [2.05, 4.69) is 6.92 Å². The van der Waals surface area contributed by atoms with E-state index >= 15 is 0 Å². The molecule has 1 rings (SSSR count). The molecule has 30 heavy (non-hydrogen) atoms. The van der Waals surface area contributed by atoms with E-state index in [1.165, 1.54) is 19.3 Å². The molecule has 7 heteroatoms. The molecule has 0 heterocycles. The van der Waals surface area contributed by atoms with Crippen molar-refractivity contribution >= 4 is 5.97 Å². The molecule has 172 valence electrons. The lowest BCUT2D eigenvalue weighted by Gasteiger charge is -2.09. The van der Waals surface area contributed by atoms with Crippen molar-refractivity contribution in [2.45, 2.75) is 45.4 Å². The van der Waals surface area contributed by atoms with E-state index in [1.54, 1.807) is 13.2 Å². The Hall–Kier alpha value is -1.83. The van der Waals surface area contributed by atoms with Gasteiger partial charge in [-0.05, 0) is 25.0 Å². The molecule has 0 radical (unpaired) electrons. The van der Waals surface area contributed by atoms with E-state index in [0.717, 1.165) is 24.5 Å². The maximum absolute atomic E-state index is 11.7. The van der Waals surface area contributed by atoms with E-state index in [0.29, 0.717) is 52.5 Å². The van der Waals surface area contributed by atoms with Crippen molar-refractivity contribution in [1.82, 2.24) is 0 Å². The predicted molar refractivity (Wildman–Crippen MR) is 115 cm³/mol. The highest BCUT2D eigenvalue weighted by atomic mass is 16.6.